The molecule has 0 fully saturated rings. The monoisotopic (exact) mass is 210 g/mol. The van der Waals surface area contributed by atoms with Gasteiger partial charge in [-0.2, -0.15) is 0 Å². The van der Waals surface area contributed by atoms with Crippen LogP contribution < -0.4 is 5.73 Å². The van der Waals surface area contributed by atoms with Crippen LogP contribution in [0.2, 0.25) is 0 Å². The zero-order valence-electron chi connectivity index (χ0n) is 9.01. The predicted octanol–water partition coefficient (Wildman–Crippen LogP) is 1.88. The van der Waals surface area contributed by atoms with Crippen molar-refractivity contribution in [2.45, 2.75) is 0 Å². The summed E-state index contributed by atoms with van der Waals surface area (Å²) in [5.41, 5.74) is 8.54. The number of aliphatic imine (C=N–C) groups is 1. The van der Waals surface area contributed by atoms with E-state index in [4.69, 9.17) is 5.73 Å². The summed E-state index contributed by atoms with van der Waals surface area (Å²) < 4.78 is 0. The summed E-state index contributed by atoms with van der Waals surface area (Å²) in [4.78, 5) is 8.22. The highest BCUT2D eigenvalue weighted by molar-refractivity contribution is 6.01. The third-order valence-corrected chi connectivity index (χ3v) is 2.31. The van der Waals surface area contributed by atoms with Crippen LogP contribution in [0.1, 0.15) is 5.69 Å². The van der Waals surface area contributed by atoms with E-state index in [0.717, 1.165) is 11.1 Å². The van der Waals surface area contributed by atoms with Gasteiger partial charge in [0, 0.05) is 18.8 Å². The Labute approximate surface area is 94.7 Å². The molecule has 0 aliphatic carbocycles. The third-order valence-electron chi connectivity index (χ3n) is 2.31. The molecule has 1 aromatic carbocycles. The summed E-state index contributed by atoms with van der Waals surface area (Å²) in [6, 6.07) is 14.6. The van der Waals surface area contributed by atoms with Crippen LogP contribution in [0.5, 0.6) is 0 Å². The number of pyridine rings is 1. The molecule has 0 atom stereocenters. The van der Waals surface area contributed by atoms with E-state index in [1.165, 1.54) is 0 Å². The molecule has 0 saturated heterocycles. The van der Waals surface area contributed by atoms with E-state index < -0.39 is 0 Å². The Kier molecular flexibility index (Phi) is 2.96. The molecule has 0 unspecified atom stereocenters. The first-order valence-corrected chi connectivity index (χ1v) is 4.97. The summed E-state index contributed by atoms with van der Waals surface area (Å²) in [6.07, 6.45) is 1.71. The molecule has 0 bridgehead atoms. The molecule has 0 amide bonds. The van der Waals surface area contributed by atoms with E-state index >= 15 is 0 Å². The van der Waals surface area contributed by atoms with E-state index in [-0.39, 0.29) is 0 Å². The van der Waals surface area contributed by atoms with Gasteiger partial charge in [-0.05, 0) is 23.8 Å². The highest BCUT2D eigenvalue weighted by Crippen LogP contribution is 2.21. The van der Waals surface area contributed by atoms with Gasteiger partial charge < -0.3 is 5.73 Å². The van der Waals surface area contributed by atoms with Gasteiger partial charge in [-0.15, -0.1) is 0 Å². The van der Waals surface area contributed by atoms with Gasteiger partial charge in [0.15, 0.2) is 0 Å². The average molecular weight is 210 g/mol. The maximum Gasteiger partial charge on any atom is 0.145 e. The van der Waals surface area contributed by atoms with Gasteiger partial charge in [-0.1, -0.05) is 24.3 Å². The van der Waals surface area contributed by atoms with Crippen molar-refractivity contribution in [3.63, 3.8) is 0 Å². The molecule has 0 spiro atoms. The van der Waals surface area contributed by atoms with E-state index in [9.17, 15) is 0 Å². The van der Waals surface area contributed by atoms with Crippen molar-refractivity contribution < 1.29 is 0 Å². The molecule has 79 valence electrons. The lowest BCUT2D eigenvalue weighted by molar-refractivity contribution is 1.26. The van der Waals surface area contributed by atoms with Crippen LogP contribution >= 0.6 is 0 Å². The van der Waals surface area contributed by atoms with Gasteiger partial charge in [0.2, 0.25) is 0 Å². The smallest absolute Gasteiger partial charge is 0.145 e. The second-order valence-electron chi connectivity index (χ2n) is 3.30. The molecule has 1 heterocycles. The minimum Gasteiger partial charge on any atom is -0.382 e. The lowest BCUT2D eigenvalue weighted by atomic mass is 10.0. The molecular formula is C13H12N3. The van der Waals surface area contributed by atoms with Crippen molar-refractivity contribution in [3.8, 4) is 11.1 Å². The van der Waals surface area contributed by atoms with E-state index in [1.54, 1.807) is 13.2 Å². The van der Waals surface area contributed by atoms with E-state index in [1.807, 2.05) is 36.4 Å². The van der Waals surface area contributed by atoms with Crippen molar-refractivity contribution in [2.75, 3.05) is 7.05 Å². The Morgan fingerprint density at radius 1 is 1.38 bits per heavy atom. The fourth-order valence-electron chi connectivity index (χ4n) is 1.51. The van der Waals surface area contributed by atoms with Crippen LogP contribution in [-0.2, 0) is 0 Å². The zero-order valence-corrected chi connectivity index (χ0v) is 9.01. The Hall–Kier alpha value is -2.16. The van der Waals surface area contributed by atoms with Crippen LogP contribution in [0.15, 0.2) is 47.6 Å². The number of nitrogens with zero attached hydrogens (tertiary/aromatic N) is 2. The molecule has 16 heavy (non-hydrogen) atoms. The molecule has 0 aliphatic rings. The van der Waals surface area contributed by atoms with Gasteiger partial charge >= 0.3 is 0 Å². The SMILES string of the molecule is CN=C(N)c1ncccc1-c1c[c]ccc1. The average Bonchev–Trinajstić information content (AvgIpc) is 2.39. The summed E-state index contributed by atoms with van der Waals surface area (Å²) in [6.45, 7) is 0. The molecule has 0 aliphatic heterocycles. The number of hydrogen-bond donors (Lipinski definition) is 1. The molecule has 2 aromatic rings. The fraction of sp³-hybridized carbons (Fsp3) is 0.0769. The number of hydrogen-bond acceptors (Lipinski definition) is 2. The van der Waals surface area contributed by atoms with Crippen LogP contribution in [0, 0.1) is 6.07 Å². The number of amidine groups is 1. The van der Waals surface area contributed by atoms with Crippen molar-refractivity contribution in [1.82, 2.24) is 4.98 Å². The molecule has 1 radical (unpaired) electrons. The third kappa shape index (κ3) is 1.93. The number of nitrogens with two attached hydrogens (primary N) is 1. The quantitative estimate of drug-likeness (QED) is 0.607. The highest BCUT2D eigenvalue weighted by atomic mass is 14.9. The van der Waals surface area contributed by atoms with E-state index in [2.05, 4.69) is 16.0 Å². The summed E-state index contributed by atoms with van der Waals surface area (Å²) in [7, 11) is 1.66. The van der Waals surface area contributed by atoms with Crippen molar-refractivity contribution in [1.29, 1.82) is 0 Å². The minimum absolute atomic E-state index is 0.444. The normalized spacial score (nSPS) is 11.4. The van der Waals surface area contributed by atoms with E-state index in [0.29, 0.717) is 11.5 Å². The largest absolute Gasteiger partial charge is 0.382 e. The van der Waals surface area contributed by atoms with Gasteiger partial charge in [0.05, 0.1) is 0 Å². The molecular weight excluding hydrogens is 198 g/mol. The lowest BCUT2D eigenvalue weighted by Crippen LogP contribution is -2.16. The molecule has 0 saturated carbocycles. The lowest BCUT2D eigenvalue weighted by Gasteiger charge is -2.07. The van der Waals surface area contributed by atoms with Crippen LogP contribution in [0.4, 0.5) is 0 Å². The fourth-order valence-corrected chi connectivity index (χ4v) is 1.51. The highest BCUT2D eigenvalue weighted by Gasteiger charge is 2.08. The minimum atomic E-state index is 0.444. The van der Waals surface area contributed by atoms with Crippen LogP contribution in [0.25, 0.3) is 11.1 Å². The van der Waals surface area contributed by atoms with Crippen LogP contribution in [0.3, 0.4) is 0 Å². The molecule has 2 rings (SSSR count). The number of benzene rings is 1. The molecule has 2 N–H and O–H groups in total. The first kappa shape index (κ1) is 10.4. The Balaban J connectivity index is 2.58. The maximum atomic E-state index is 5.81. The standard InChI is InChI=1S/C13H12N3/c1-15-13(14)12-11(8-5-9-16-12)10-6-3-2-4-7-10/h2-3,5-9H,1H3,(H2,14,15). The summed E-state index contributed by atoms with van der Waals surface area (Å²) >= 11 is 0. The topological polar surface area (TPSA) is 51.3 Å². The number of aromatic nitrogens is 1. The number of rotatable bonds is 2. The van der Waals surface area contributed by atoms with Gasteiger partial charge in [0.1, 0.15) is 11.5 Å². The first-order valence-electron chi connectivity index (χ1n) is 4.97. The molecule has 3 nitrogen and oxygen atoms in total. The van der Waals surface area contributed by atoms with Crippen molar-refractivity contribution >= 4 is 5.84 Å². The Morgan fingerprint density at radius 2 is 2.25 bits per heavy atom. The Bertz CT molecular complexity index is 504. The van der Waals surface area contributed by atoms with Crippen molar-refractivity contribution in [2.24, 2.45) is 10.7 Å². The van der Waals surface area contributed by atoms with Gasteiger partial charge in [0.25, 0.3) is 0 Å². The zero-order chi connectivity index (χ0) is 11.4. The van der Waals surface area contributed by atoms with Gasteiger partial charge in [-0.25, -0.2) is 0 Å². The van der Waals surface area contributed by atoms with Crippen LogP contribution in [-0.4, -0.2) is 17.9 Å². The first-order chi connectivity index (χ1) is 7.83. The second-order valence-corrected chi connectivity index (χ2v) is 3.30. The second kappa shape index (κ2) is 4.57. The predicted molar refractivity (Wildman–Crippen MR) is 65.2 cm³/mol. The molecule has 3 heteroatoms. The van der Waals surface area contributed by atoms with Crippen molar-refractivity contribution in [3.05, 3.63) is 54.4 Å². The van der Waals surface area contributed by atoms with Gasteiger partial charge in [-0.3, -0.25) is 9.98 Å². The summed E-state index contributed by atoms with van der Waals surface area (Å²) in [5, 5.41) is 0. The Morgan fingerprint density at radius 3 is 2.94 bits per heavy atom. The summed E-state index contributed by atoms with van der Waals surface area (Å²) in [5.74, 6) is 0.444. The maximum absolute atomic E-state index is 5.81. The molecule has 1 aromatic heterocycles.